The second kappa shape index (κ2) is 11.6. The van der Waals surface area contributed by atoms with Crippen LogP contribution in [-0.2, 0) is 20.7 Å². The summed E-state index contributed by atoms with van der Waals surface area (Å²) in [6.45, 7) is 0.201. The Morgan fingerprint density at radius 1 is 1.15 bits per heavy atom. The van der Waals surface area contributed by atoms with Crippen LogP contribution in [-0.4, -0.2) is 41.8 Å². The van der Waals surface area contributed by atoms with Gasteiger partial charge in [-0.15, -0.1) is 0 Å². The fourth-order valence-electron chi connectivity index (χ4n) is 2.42. The molecule has 0 aromatic carbocycles. The van der Waals surface area contributed by atoms with Gasteiger partial charge in [-0.05, 0) is 25.3 Å². The molecular formula is C17H26N6O4. The number of ether oxygens (including phenoxy) is 1. The first-order chi connectivity index (χ1) is 12.8. The molecule has 27 heavy (non-hydrogen) atoms. The Morgan fingerprint density at radius 2 is 1.89 bits per heavy atom. The van der Waals surface area contributed by atoms with Gasteiger partial charge in [0.05, 0.1) is 13.0 Å². The van der Waals surface area contributed by atoms with E-state index in [1.807, 2.05) is 0 Å². The maximum atomic E-state index is 12.5. The number of nitrogens with two attached hydrogens (primary N) is 3. The number of guanidine groups is 1. The predicted molar refractivity (Wildman–Crippen MR) is 99.8 cm³/mol. The molecule has 0 radical (unpaired) electrons. The van der Waals surface area contributed by atoms with Crippen molar-refractivity contribution in [2.45, 2.75) is 38.5 Å². The van der Waals surface area contributed by atoms with Gasteiger partial charge in [0.15, 0.2) is 11.7 Å². The molecule has 0 aliphatic rings. The van der Waals surface area contributed by atoms with E-state index in [0.29, 0.717) is 30.5 Å². The first-order valence-corrected chi connectivity index (χ1v) is 8.63. The molecule has 0 spiro atoms. The lowest BCUT2D eigenvalue weighted by molar-refractivity contribution is -0.158. The average molecular weight is 378 g/mol. The van der Waals surface area contributed by atoms with Crippen LogP contribution >= 0.6 is 0 Å². The third-order valence-electron chi connectivity index (χ3n) is 3.76. The largest absolute Gasteiger partial charge is 0.392 e. The number of esters is 2. The summed E-state index contributed by atoms with van der Waals surface area (Å²) in [5, 5.41) is 9.76. The van der Waals surface area contributed by atoms with E-state index >= 15 is 0 Å². The van der Waals surface area contributed by atoms with E-state index in [9.17, 15) is 14.4 Å². The first-order valence-electron chi connectivity index (χ1n) is 8.63. The summed E-state index contributed by atoms with van der Waals surface area (Å²) in [6, 6.07) is 1.57. The molecule has 1 aromatic heterocycles. The van der Waals surface area contributed by atoms with Crippen LogP contribution in [0.15, 0.2) is 12.3 Å². The Kier molecular flexibility index (Phi) is 9.45. The van der Waals surface area contributed by atoms with Gasteiger partial charge in [-0.2, -0.15) is 0 Å². The van der Waals surface area contributed by atoms with Crippen molar-refractivity contribution in [2.24, 2.45) is 11.5 Å². The number of Topliss-reactive ketones (excluding diaryl/α,β-unsaturated/α-hetero) is 1. The highest BCUT2D eigenvalue weighted by atomic mass is 16.6. The number of aromatic nitrogens is 1. The number of hydrogen-bond donors (Lipinski definition) is 5. The van der Waals surface area contributed by atoms with Gasteiger partial charge in [-0.3, -0.25) is 19.8 Å². The number of carbonyl (C=O) groups excluding carboxylic acids is 3. The second-order valence-electron chi connectivity index (χ2n) is 5.85. The Morgan fingerprint density at radius 3 is 2.56 bits per heavy atom. The van der Waals surface area contributed by atoms with Crippen LogP contribution in [0.5, 0.6) is 0 Å². The Bertz CT molecular complexity index is 692. The summed E-state index contributed by atoms with van der Waals surface area (Å²) in [4.78, 5) is 39.1. The third kappa shape index (κ3) is 8.27. The van der Waals surface area contributed by atoms with Crippen molar-refractivity contribution in [3.63, 3.8) is 0 Å². The summed E-state index contributed by atoms with van der Waals surface area (Å²) in [6.07, 6.45) is 4.06. The van der Waals surface area contributed by atoms with E-state index in [-0.39, 0.29) is 36.9 Å². The summed E-state index contributed by atoms with van der Waals surface area (Å²) in [7, 11) is 0. The quantitative estimate of drug-likeness (QED) is 0.0871. The fraction of sp³-hybridized carbons (Fsp3) is 0.471. The molecule has 0 unspecified atom stereocenters. The van der Waals surface area contributed by atoms with Crippen LogP contribution in [0.3, 0.4) is 0 Å². The van der Waals surface area contributed by atoms with Gasteiger partial charge >= 0.3 is 11.9 Å². The van der Waals surface area contributed by atoms with Gasteiger partial charge in [0.2, 0.25) is 0 Å². The minimum atomic E-state index is -0.810. The van der Waals surface area contributed by atoms with Crippen LogP contribution in [0.25, 0.3) is 0 Å². The molecule has 1 heterocycles. The number of nitrogens with zero attached hydrogens (tertiary/aromatic N) is 1. The molecule has 0 aliphatic carbocycles. The van der Waals surface area contributed by atoms with Gasteiger partial charge in [0.1, 0.15) is 5.82 Å². The minimum absolute atomic E-state index is 0.0744. The number of pyridine rings is 1. The van der Waals surface area contributed by atoms with Crippen LogP contribution in [0, 0.1) is 5.41 Å². The molecule has 0 fully saturated rings. The number of nitrogen functional groups attached to an aromatic ring is 1. The van der Waals surface area contributed by atoms with Crippen molar-refractivity contribution in [1.29, 1.82) is 5.41 Å². The number of anilines is 1. The van der Waals surface area contributed by atoms with E-state index in [1.165, 1.54) is 6.20 Å². The standard InChI is InChI=1S/C17H26N6O4/c18-10-15(26)27-14(25)6-5-12-11(7-9-22-16(12)19)13(24)4-2-1-3-8-23-17(20)21/h7,9H,1-6,8,10,18H2,(H2,19,22)(H4,20,21,23). The number of hydrogen-bond acceptors (Lipinski definition) is 8. The molecule has 0 saturated heterocycles. The highest BCUT2D eigenvalue weighted by Crippen LogP contribution is 2.19. The molecule has 148 valence electrons. The van der Waals surface area contributed by atoms with Crippen LogP contribution in [0.4, 0.5) is 5.82 Å². The van der Waals surface area contributed by atoms with Crippen molar-refractivity contribution in [1.82, 2.24) is 10.3 Å². The lowest BCUT2D eigenvalue weighted by Gasteiger charge is -2.11. The molecule has 1 rings (SSSR count). The van der Waals surface area contributed by atoms with Crippen LogP contribution < -0.4 is 22.5 Å². The van der Waals surface area contributed by atoms with Gasteiger partial charge in [0.25, 0.3) is 0 Å². The van der Waals surface area contributed by atoms with Gasteiger partial charge < -0.3 is 27.3 Å². The predicted octanol–water partition coefficient (Wildman–Crippen LogP) is -0.149. The zero-order valence-electron chi connectivity index (χ0n) is 15.1. The van der Waals surface area contributed by atoms with E-state index in [4.69, 9.17) is 22.6 Å². The number of carbonyl (C=O) groups is 3. The van der Waals surface area contributed by atoms with Crippen molar-refractivity contribution in [3.05, 3.63) is 23.4 Å². The molecular weight excluding hydrogens is 352 g/mol. The smallest absolute Gasteiger partial charge is 0.327 e. The lowest BCUT2D eigenvalue weighted by Crippen LogP contribution is -2.30. The van der Waals surface area contributed by atoms with Gasteiger partial charge in [0, 0.05) is 30.3 Å². The molecule has 0 atom stereocenters. The van der Waals surface area contributed by atoms with E-state index in [0.717, 1.165) is 12.8 Å². The third-order valence-corrected chi connectivity index (χ3v) is 3.76. The molecule has 0 saturated carbocycles. The van der Waals surface area contributed by atoms with Gasteiger partial charge in [-0.25, -0.2) is 4.98 Å². The van der Waals surface area contributed by atoms with E-state index in [2.05, 4.69) is 15.0 Å². The Balaban J connectivity index is 2.58. The first kappa shape index (κ1) is 22.0. The van der Waals surface area contributed by atoms with Crippen LogP contribution in [0.1, 0.15) is 48.0 Å². The summed E-state index contributed by atoms with van der Waals surface area (Å²) < 4.78 is 4.50. The van der Waals surface area contributed by atoms with Crippen molar-refractivity contribution in [2.75, 3.05) is 18.8 Å². The average Bonchev–Trinajstić information content (AvgIpc) is 2.62. The number of rotatable bonds is 11. The van der Waals surface area contributed by atoms with E-state index < -0.39 is 11.9 Å². The number of ketones is 1. The fourth-order valence-corrected chi connectivity index (χ4v) is 2.42. The van der Waals surface area contributed by atoms with E-state index in [1.54, 1.807) is 6.07 Å². The Labute approximate surface area is 157 Å². The summed E-state index contributed by atoms with van der Waals surface area (Å²) >= 11 is 0. The van der Waals surface area contributed by atoms with Crippen molar-refractivity contribution >= 4 is 29.5 Å². The maximum Gasteiger partial charge on any atom is 0.327 e. The maximum absolute atomic E-state index is 12.5. The molecule has 0 aliphatic heterocycles. The molecule has 10 heteroatoms. The second-order valence-corrected chi connectivity index (χ2v) is 5.85. The SMILES string of the molecule is N=C(N)NCCCCCC(=O)c1ccnc(N)c1CCC(=O)OC(=O)CN. The molecule has 0 amide bonds. The zero-order valence-corrected chi connectivity index (χ0v) is 15.1. The minimum Gasteiger partial charge on any atom is -0.392 e. The summed E-state index contributed by atoms with van der Waals surface area (Å²) in [5.41, 5.74) is 17.0. The topological polar surface area (TPSA) is 187 Å². The molecule has 8 N–H and O–H groups in total. The molecule has 10 nitrogen and oxygen atoms in total. The molecule has 1 aromatic rings. The highest BCUT2D eigenvalue weighted by Gasteiger charge is 2.17. The highest BCUT2D eigenvalue weighted by molar-refractivity contribution is 5.98. The monoisotopic (exact) mass is 378 g/mol. The van der Waals surface area contributed by atoms with Gasteiger partial charge in [-0.1, -0.05) is 6.42 Å². The normalized spacial score (nSPS) is 10.3. The Hall–Kier alpha value is -3.01. The van der Waals surface area contributed by atoms with Crippen molar-refractivity contribution < 1.29 is 19.1 Å². The number of nitrogens with one attached hydrogen (secondary N) is 2. The van der Waals surface area contributed by atoms with Crippen molar-refractivity contribution in [3.8, 4) is 0 Å². The number of unbranched alkanes of at least 4 members (excludes halogenated alkanes) is 2. The zero-order chi connectivity index (χ0) is 20.2. The molecule has 0 bridgehead atoms. The lowest BCUT2D eigenvalue weighted by atomic mass is 9.97. The van der Waals surface area contributed by atoms with Crippen LogP contribution in [0.2, 0.25) is 0 Å². The summed E-state index contributed by atoms with van der Waals surface area (Å²) in [5.74, 6) is -1.54.